The molecule has 1 aromatic carbocycles. The van der Waals surface area contributed by atoms with Gasteiger partial charge in [-0.25, -0.2) is 0 Å². The smallest absolute Gasteiger partial charge is 0.122 e. The summed E-state index contributed by atoms with van der Waals surface area (Å²) in [5, 5.41) is 0. The average molecular weight is 194 g/mol. The maximum absolute atomic E-state index is 5.72. The molecule has 0 radical (unpaired) electrons. The number of hydrogen-bond donors (Lipinski definition) is 0. The summed E-state index contributed by atoms with van der Waals surface area (Å²) in [6.45, 7) is 6.76. The van der Waals surface area contributed by atoms with Crippen molar-refractivity contribution in [3.63, 3.8) is 0 Å². The van der Waals surface area contributed by atoms with Gasteiger partial charge in [-0.3, -0.25) is 0 Å². The van der Waals surface area contributed by atoms with Crippen molar-refractivity contribution in [2.24, 2.45) is 0 Å². The molecule has 1 atom stereocenters. The monoisotopic (exact) mass is 194 g/mol. The molecule has 78 valence electrons. The fourth-order valence-electron chi connectivity index (χ4n) is 1.42. The Morgan fingerprint density at radius 2 is 2.00 bits per heavy atom. The SMILES string of the molecule is COC[C@H](C)Oc1ccc(C)cc1C. The zero-order valence-electron chi connectivity index (χ0n) is 9.33. The first-order valence-corrected chi connectivity index (χ1v) is 4.86. The van der Waals surface area contributed by atoms with E-state index in [1.165, 1.54) is 11.1 Å². The molecule has 0 amide bonds. The fraction of sp³-hybridized carbons (Fsp3) is 0.500. The van der Waals surface area contributed by atoms with Gasteiger partial charge in [0, 0.05) is 7.11 Å². The van der Waals surface area contributed by atoms with Crippen LogP contribution < -0.4 is 4.74 Å². The van der Waals surface area contributed by atoms with E-state index in [0.29, 0.717) is 6.61 Å². The molecule has 0 aliphatic carbocycles. The molecular weight excluding hydrogens is 176 g/mol. The van der Waals surface area contributed by atoms with Crippen LogP contribution in [0.3, 0.4) is 0 Å². The number of methoxy groups -OCH3 is 1. The van der Waals surface area contributed by atoms with Crippen LogP contribution >= 0.6 is 0 Å². The zero-order chi connectivity index (χ0) is 10.6. The van der Waals surface area contributed by atoms with Crippen LogP contribution in [-0.4, -0.2) is 19.8 Å². The van der Waals surface area contributed by atoms with Crippen molar-refractivity contribution in [1.29, 1.82) is 0 Å². The van der Waals surface area contributed by atoms with Crippen LogP contribution in [0.15, 0.2) is 18.2 Å². The van der Waals surface area contributed by atoms with E-state index in [2.05, 4.69) is 26.0 Å². The molecule has 0 aromatic heterocycles. The summed E-state index contributed by atoms with van der Waals surface area (Å²) < 4.78 is 10.7. The molecule has 0 bridgehead atoms. The highest BCUT2D eigenvalue weighted by molar-refractivity contribution is 5.35. The number of benzene rings is 1. The zero-order valence-corrected chi connectivity index (χ0v) is 9.33. The van der Waals surface area contributed by atoms with Crippen molar-refractivity contribution in [1.82, 2.24) is 0 Å². The van der Waals surface area contributed by atoms with E-state index in [4.69, 9.17) is 9.47 Å². The molecule has 0 spiro atoms. The van der Waals surface area contributed by atoms with Gasteiger partial charge in [-0.15, -0.1) is 0 Å². The molecule has 14 heavy (non-hydrogen) atoms. The second kappa shape index (κ2) is 5.01. The Morgan fingerprint density at radius 3 is 2.57 bits per heavy atom. The molecule has 0 N–H and O–H groups in total. The van der Waals surface area contributed by atoms with Gasteiger partial charge in [0.2, 0.25) is 0 Å². The number of ether oxygens (including phenoxy) is 2. The van der Waals surface area contributed by atoms with E-state index in [1.54, 1.807) is 7.11 Å². The van der Waals surface area contributed by atoms with Gasteiger partial charge in [0.25, 0.3) is 0 Å². The third kappa shape index (κ3) is 3.04. The van der Waals surface area contributed by atoms with Crippen molar-refractivity contribution >= 4 is 0 Å². The summed E-state index contributed by atoms with van der Waals surface area (Å²) in [5.74, 6) is 0.945. The van der Waals surface area contributed by atoms with Crippen molar-refractivity contribution in [2.45, 2.75) is 26.9 Å². The molecule has 2 nitrogen and oxygen atoms in total. The van der Waals surface area contributed by atoms with E-state index in [0.717, 1.165) is 5.75 Å². The van der Waals surface area contributed by atoms with E-state index >= 15 is 0 Å². The molecule has 0 heterocycles. The molecule has 0 saturated heterocycles. The van der Waals surface area contributed by atoms with Crippen LogP contribution in [0.1, 0.15) is 18.1 Å². The molecule has 0 aliphatic heterocycles. The Bertz CT molecular complexity index is 294. The molecule has 0 fully saturated rings. The second-order valence-corrected chi connectivity index (χ2v) is 3.65. The van der Waals surface area contributed by atoms with Gasteiger partial charge < -0.3 is 9.47 Å². The second-order valence-electron chi connectivity index (χ2n) is 3.65. The first kappa shape index (κ1) is 11.1. The van der Waals surface area contributed by atoms with Gasteiger partial charge >= 0.3 is 0 Å². The average Bonchev–Trinajstić information content (AvgIpc) is 2.10. The lowest BCUT2D eigenvalue weighted by Crippen LogP contribution is -2.18. The quantitative estimate of drug-likeness (QED) is 0.733. The summed E-state index contributed by atoms with van der Waals surface area (Å²) in [6, 6.07) is 6.19. The Labute approximate surface area is 85.8 Å². The van der Waals surface area contributed by atoms with Crippen LogP contribution in [-0.2, 0) is 4.74 Å². The minimum atomic E-state index is 0.0985. The Balaban J connectivity index is 2.67. The highest BCUT2D eigenvalue weighted by Crippen LogP contribution is 2.19. The first-order valence-electron chi connectivity index (χ1n) is 4.86. The van der Waals surface area contributed by atoms with Gasteiger partial charge in [-0.1, -0.05) is 17.7 Å². The van der Waals surface area contributed by atoms with Gasteiger partial charge in [0.05, 0.1) is 6.61 Å². The summed E-state index contributed by atoms with van der Waals surface area (Å²) >= 11 is 0. The molecule has 1 aromatic rings. The fourth-order valence-corrected chi connectivity index (χ4v) is 1.42. The topological polar surface area (TPSA) is 18.5 Å². The van der Waals surface area contributed by atoms with Crippen LogP contribution in [0.4, 0.5) is 0 Å². The molecule has 2 heteroatoms. The number of hydrogen-bond acceptors (Lipinski definition) is 2. The van der Waals surface area contributed by atoms with Crippen LogP contribution in [0.5, 0.6) is 5.75 Å². The lowest BCUT2D eigenvalue weighted by Gasteiger charge is -2.15. The predicted octanol–water partition coefficient (Wildman–Crippen LogP) is 2.72. The molecule has 0 aliphatic rings. The third-order valence-electron chi connectivity index (χ3n) is 2.06. The van der Waals surface area contributed by atoms with Gasteiger partial charge in [-0.05, 0) is 32.4 Å². The third-order valence-corrected chi connectivity index (χ3v) is 2.06. The lowest BCUT2D eigenvalue weighted by molar-refractivity contribution is 0.0916. The summed E-state index contributed by atoms with van der Waals surface area (Å²) in [4.78, 5) is 0. The highest BCUT2D eigenvalue weighted by Gasteiger charge is 2.05. The van der Waals surface area contributed by atoms with E-state index in [1.807, 2.05) is 13.0 Å². The Kier molecular flexibility index (Phi) is 3.96. The molecule has 1 rings (SSSR count). The van der Waals surface area contributed by atoms with Gasteiger partial charge in [-0.2, -0.15) is 0 Å². The number of rotatable bonds is 4. The Hall–Kier alpha value is -1.02. The minimum absolute atomic E-state index is 0.0985. The van der Waals surface area contributed by atoms with Crippen LogP contribution in [0, 0.1) is 13.8 Å². The van der Waals surface area contributed by atoms with Crippen molar-refractivity contribution < 1.29 is 9.47 Å². The van der Waals surface area contributed by atoms with Crippen molar-refractivity contribution in [3.05, 3.63) is 29.3 Å². The van der Waals surface area contributed by atoms with Crippen molar-refractivity contribution in [3.8, 4) is 5.75 Å². The predicted molar refractivity (Wildman–Crippen MR) is 57.9 cm³/mol. The van der Waals surface area contributed by atoms with Crippen LogP contribution in [0.2, 0.25) is 0 Å². The Morgan fingerprint density at radius 1 is 1.29 bits per heavy atom. The highest BCUT2D eigenvalue weighted by atomic mass is 16.5. The van der Waals surface area contributed by atoms with E-state index in [-0.39, 0.29) is 6.10 Å². The number of aryl methyl sites for hydroxylation is 2. The lowest BCUT2D eigenvalue weighted by atomic mass is 10.1. The normalized spacial score (nSPS) is 12.6. The first-order chi connectivity index (χ1) is 6.63. The van der Waals surface area contributed by atoms with E-state index in [9.17, 15) is 0 Å². The summed E-state index contributed by atoms with van der Waals surface area (Å²) in [5.41, 5.74) is 2.43. The minimum Gasteiger partial charge on any atom is -0.488 e. The maximum Gasteiger partial charge on any atom is 0.122 e. The largest absolute Gasteiger partial charge is 0.488 e. The van der Waals surface area contributed by atoms with Crippen LogP contribution in [0.25, 0.3) is 0 Å². The summed E-state index contributed by atoms with van der Waals surface area (Å²) in [6.07, 6.45) is 0.0985. The summed E-state index contributed by atoms with van der Waals surface area (Å²) in [7, 11) is 1.68. The molecular formula is C12H18O2. The maximum atomic E-state index is 5.72. The van der Waals surface area contributed by atoms with Crippen molar-refractivity contribution in [2.75, 3.05) is 13.7 Å². The standard InChI is InChI=1S/C12H18O2/c1-9-5-6-12(10(2)7-9)14-11(3)8-13-4/h5-7,11H,8H2,1-4H3/t11-/m0/s1. The van der Waals surface area contributed by atoms with E-state index < -0.39 is 0 Å². The van der Waals surface area contributed by atoms with Gasteiger partial charge in [0.15, 0.2) is 0 Å². The molecule has 0 unspecified atom stereocenters. The van der Waals surface area contributed by atoms with Gasteiger partial charge in [0.1, 0.15) is 11.9 Å². The molecule has 0 saturated carbocycles.